The van der Waals surface area contributed by atoms with Crippen molar-refractivity contribution in [2.45, 2.75) is 44.5 Å². The molecule has 0 fully saturated rings. The average molecular weight is 341 g/mol. The summed E-state index contributed by atoms with van der Waals surface area (Å²) in [4.78, 5) is 4.67. The van der Waals surface area contributed by atoms with Crippen LogP contribution in [0.4, 0.5) is 0 Å². The van der Waals surface area contributed by atoms with Gasteiger partial charge in [-0.15, -0.1) is 11.3 Å². The Balaban J connectivity index is 2.13. The Labute approximate surface area is 140 Å². The van der Waals surface area contributed by atoms with Gasteiger partial charge in [0.1, 0.15) is 17.0 Å². The average Bonchev–Trinajstić information content (AvgIpc) is 2.84. The predicted octanol–water partition coefficient (Wildman–Crippen LogP) is 4.73. The molecule has 6 heteroatoms. The van der Waals surface area contributed by atoms with E-state index in [0.29, 0.717) is 11.5 Å². The van der Waals surface area contributed by atoms with E-state index in [0.717, 1.165) is 32.5 Å². The molecule has 0 aliphatic carbocycles. The number of fused-ring (bicyclic) bond motifs is 1. The Kier molecular flexibility index (Phi) is 5.58. The molecule has 0 saturated carbocycles. The van der Waals surface area contributed by atoms with Crippen LogP contribution in [0.2, 0.25) is 0 Å². The third-order valence-corrected chi connectivity index (χ3v) is 5.22. The van der Waals surface area contributed by atoms with Gasteiger partial charge in [-0.1, -0.05) is 20.8 Å². The maximum absolute atomic E-state index is 5.41. The first-order valence-corrected chi connectivity index (χ1v) is 8.90. The van der Waals surface area contributed by atoms with E-state index in [-0.39, 0.29) is 0 Å². The van der Waals surface area contributed by atoms with E-state index in [1.54, 1.807) is 37.5 Å². The summed E-state index contributed by atoms with van der Waals surface area (Å²) >= 11 is 3.23. The molecule has 2 rings (SSSR count). The van der Waals surface area contributed by atoms with Crippen LogP contribution < -0.4 is 14.2 Å². The summed E-state index contributed by atoms with van der Waals surface area (Å²) in [5, 5.41) is 0. The highest BCUT2D eigenvalue weighted by atomic mass is 32.2. The molecule has 0 bridgehead atoms. The third kappa shape index (κ3) is 4.51. The standard InChI is InChI=1S/C16H24N2O2S2/c1-10(9-16(2,3)4)18-22-15-17-14-12(20-6)7-11(19-5)8-13(14)21-15/h7-8,10,18H,9H2,1-6H3. The summed E-state index contributed by atoms with van der Waals surface area (Å²) in [5.41, 5.74) is 1.21. The van der Waals surface area contributed by atoms with Crippen LogP contribution in [0.1, 0.15) is 34.1 Å². The van der Waals surface area contributed by atoms with Crippen molar-refractivity contribution in [2.75, 3.05) is 14.2 Å². The maximum atomic E-state index is 5.41. The van der Waals surface area contributed by atoms with Crippen LogP contribution in [0.5, 0.6) is 11.5 Å². The van der Waals surface area contributed by atoms with Crippen LogP contribution >= 0.6 is 23.3 Å². The molecule has 0 amide bonds. The molecule has 1 aromatic heterocycles. The number of rotatable bonds is 6. The zero-order chi connectivity index (χ0) is 16.3. The van der Waals surface area contributed by atoms with Crippen molar-refractivity contribution < 1.29 is 9.47 Å². The van der Waals surface area contributed by atoms with Crippen molar-refractivity contribution in [1.82, 2.24) is 9.71 Å². The lowest BCUT2D eigenvalue weighted by Gasteiger charge is -2.23. The predicted molar refractivity (Wildman–Crippen MR) is 95.3 cm³/mol. The molecule has 1 aromatic carbocycles. The molecule has 1 unspecified atom stereocenters. The zero-order valence-corrected chi connectivity index (χ0v) is 15.7. The summed E-state index contributed by atoms with van der Waals surface area (Å²) in [6.45, 7) is 8.97. The Morgan fingerprint density at radius 2 is 2.00 bits per heavy atom. The molecule has 0 radical (unpaired) electrons. The zero-order valence-electron chi connectivity index (χ0n) is 14.0. The SMILES string of the molecule is COc1cc(OC)c2nc(SNC(C)CC(C)(C)C)sc2c1. The molecule has 122 valence electrons. The highest BCUT2D eigenvalue weighted by Crippen LogP contribution is 2.37. The van der Waals surface area contributed by atoms with Crippen LogP contribution in [-0.2, 0) is 0 Å². The molecule has 0 saturated heterocycles. The first kappa shape index (κ1) is 17.4. The lowest BCUT2D eigenvalue weighted by atomic mass is 9.89. The van der Waals surface area contributed by atoms with Crippen molar-refractivity contribution in [3.8, 4) is 11.5 Å². The number of nitrogens with one attached hydrogen (secondary N) is 1. The number of thiazole rings is 1. The topological polar surface area (TPSA) is 43.4 Å². The lowest BCUT2D eigenvalue weighted by Crippen LogP contribution is -2.25. The van der Waals surface area contributed by atoms with Crippen LogP contribution in [0, 0.1) is 5.41 Å². The molecule has 2 aromatic rings. The minimum absolute atomic E-state index is 0.317. The van der Waals surface area contributed by atoms with Crippen molar-refractivity contribution in [3.63, 3.8) is 0 Å². The number of hydrogen-bond acceptors (Lipinski definition) is 6. The van der Waals surface area contributed by atoms with Gasteiger partial charge in [0.25, 0.3) is 0 Å². The summed E-state index contributed by atoms with van der Waals surface area (Å²) < 4.78 is 16.2. The molecule has 0 aliphatic heterocycles. The lowest BCUT2D eigenvalue weighted by molar-refractivity contribution is 0.341. The second kappa shape index (κ2) is 7.06. The van der Waals surface area contributed by atoms with Gasteiger partial charge in [0.05, 0.1) is 18.9 Å². The fourth-order valence-corrected chi connectivity index (χ4v) is 4.23. The van der Waals surface area contributed by atoms with Gasteiger partial charge in [-0.2, -0.15) is 0 Å². The Bertz CT molecular complexity index is 635. The number of benzene rings is 1. The first-order valence-electron chi connectivity index (χ1n) is 7.27. The molecular weight excluding hydrogens is 316 g/mol. The maximum Gasteiger partial charge on any atom is 0.166 e. The van der Waals surface area contributed by atoms with Gasteiger partial charge in [0, 0.05) is 12.1 Å². The van der Waals surface area contributed by atoms with Crippen LogP contribution in [0.25, 0.3) is 10.2 Å². The molecule has 22 heavy (non-hydrogen) atoms. The number of aromatic nitrogens is 1. The van der Waals surface area contributed by atoms with Crippen LogP contribution in [-0.4, -0.2) is 25.2 Å². The second-order valence-electron chi connectivity index (χ2n) is 6.54. The Morgan fingerprint density at radius 3 is 2.59 bits per heavy atom. The number of ether oxygens (including phenoxy) is 2. The molecule has 0 spiro atoms. The number of methoxy groups -OCH3 is 2. The van der Waals surface area contributed by atoms with Gasteiger partial charge in [0.15, 0.2) is 4.34 Å². The molecule has 1 heterocycles. The monoisotopic (exact) mass is 340 g/mol. The van der Waals surface area contributed by atoms with E-state index in [4.69, 9.17) is 9.47 Å². The van der Waals surface area contributed by atoms with Gasteiger partial charge in [-0.25, -0.2) is 4.98 Å². The van der Waals surface area contributed by atoms with Gasteiger partial charge >= 0.3 is 0 Å². The van der Waals surface area contributed by atoms with Gasteiger partial charge < -0.3 is 9.47 Å². The van der Waals surface area contributed by atoms with Gasteiger partial charge in [0.2, 0.25) is 0 Å². The van der Waals surface area contributed by atoms with E-state index in [1.165, 1.54) is 0 Å². The van der Waals surface area contributed by atoms with E-state index in [9.17, 15) is 0 Å². The Morgan fingerprint density at radius 1 is 1.27 bits per heavy atom. The summed E-state index contributed by atoms with van der Waals surface area (Å²) in [5.74, 6) is 1.54. The van der Waals surface area contributed by atoms with Crippen molar-refractivity contribution in [3.05, 3.63) is 12.1 Å². The molecule has 4 nitrogen and oxygen atoms in total. The fourth-order valence-electron chi connectivity index (χ4n) is 2.38. The summed E-state index contributed by atoms with van der Waals surface area (Å²) in [7, 11) is 3.32. The van der Waals surface area contributed by atoms with E-state index in [1.807, 2.05) is 12.1 Å². The second-order valence-corrected chi connectivity index (χ2v) is 8.66. The first-order chi connectivity index (χ1) is 10.3. The quantitative estimate of drug-likeness (QED) is 0.770. The van der Waals surface area contributed by atoms with Crippen molar-refractivity contribution in [2.24, 2.45) is 5.41 Å². The van der Waals surface area contributed by atoms with Crippen molar-refractivity contribution in [1.29, 1.82) is 0 Å². The van der Waals surface area contributed by atoms with E-state index < -0.39 is 0 Å². The Hall–Kier alpha value is -0.980. The minimum Gasteiger partial charge on any atom is -0.497 e. The highest BCUT2D eigenvalue weighted by molar-refractivity contribution is 7.99. The fraction of sp³-hybridized carbons (Fsp3) is 0.562. The number of nitrogens with zero attached hydrogens (tertiary/aromatic N) is 1. The normalized spacial score (nSPS) is 13.4. The summed E-state index contributed by atoms with van der Waals surface area (Å²) in [6.07, 6.45) is 1.11. The smallest absolute Gasteiger partial charge is 0.166 e. The minimum atomic E-state index is 0.317. The van der Waals surface area contributed by atoms with E-state index in [2.05, 4.69) is 37.4 Å². The molecule has 1 N–H and O–H groups in total. The van der Waals surface area contributed by atoms with Crippen molar-refractivity contribution >= 4 is 33.5 Å². The summed E-state index contributed by atoms with van der Waals surface area (Å²) in [6, 6.07) is 4.29. The number of hydrogen-bond donors (Lipinski definition) is 1. The van der Waals surface area contributed by atoms with Crippen LogP contribution in [0.3, 0.4) is 0 Å². The molecule has 1 atom stereocenters. The molecule has 0 aliphatic rings. The third-order valence-electron chi connectivity index (χ3n) is 3.14. The largest absolute Gasteiger partial charge is 0.497 e. The molecular formula is C16H24N2O2S2. The highest BCUT2D eigenvalue weighted by Gasteiger charge is 2.16. The van der Waals surface area contributed by atoms with Gasteiger partial charge in [-0.3, -0.25) is 4.72 Å². The van der Waals surface area contributed by atoms with E-state index >= 15 is 0 Å². The van der Waals surface area contributed by atoms with Gasteiger partial charge in [-0.05, 0) is 36.8 Å². The van der Waals surface area contributed by atoms with Crippen LogP contribution in [0.15, 0.2) is 16.5 Å².